The van der Waals surface area contributed by atoms with Crippen molar-refractivity contribution in [3.63, 3.8) is 0 Å². The number of carbonyl (C=O) groups excluding carboxylic acids is 2. The van der Waals surface area contributed by atoms with Crippen LogP contribution in [0.3, 0.4) is 0 Å². The molecule has 0 radical (unpaired) electrons. The summed E-state index contributed by atoms with van der Waals surface area (Å²) in [7, 11) is 0. The lowest BCUT2D eigenvalue weighted by molar-refractivity contribution is -0.116. The van der Waals surface area contributed by atoms with Crippen LogP contribution < -0.4 is 10.6 Å². The number of hydrogen-bond donors (Lipinski definition) is 2. The number of anilines is 1. The molecule has 2 N–H and O–H groups in total. The molecule has 2 amide bonds. The lowest BCUT2D eigenvalue weighted by Crippen LogP contribution is -2.31. The summed E-state index contributed by atoms with van der Waals surface area (Å²) in [6.07, 6.45) is 2.23. The minimum atomic E-state index is -0.0826. The maximum Gasteiger partial charge on any atom is 0.251 e. The summed E-state index contributed by atoms with van der Waals surface area (Å²) >= 11 is 0. The summed E-state index contributed by atoms with van der Waals surface area (Å²) in [5.41, 5.74) is 1.33. The van der Waals surface area contributed by atoms with Crippen LogP contribution in [0.15, 0.2) is 24.3 Å². The first kappa shape index (κ1) is 15.2. The molecule has 1 aromatic rings. The average Bonchev–Trinajstić information content (AvgIpc) is 2.39. The second-order valence-electron chi connectivity index (χ2n) is 4.66. The van der Waals surface area contributed by atoms with Gasteiger partial charge in [0.1, 0.15) is 0 Å². The molecular weight excluding hydrogens is 240 g/mol. The molecule has 0 aliphatic heterocycles. The molecule has 0 saturated carbocycles. The van der Waals surface area contributed by atoms with Crippen LogP contribution in [0.5, 0.6) is 0 Å². The topological polar surface area (TPSA) is 58.2 Å². The van der Waals surface area contributed by atoms with Gasteiger partial charge < -0.3 is 10.6 Å². The van der Waals surface area contributed by atoms with E-state index in [1.165, 1.54) is 0 Å². The lowest BCUT2D eigenvalue weighted by Gasteiger charge is -2.11. The molecule has 4 heteroatoms. The molecule has 0 fully saturated rings. The highest BCUT2D eigenvalue weighted by Gasteiger charge is 2.08. The monoisotopic (exact) mass is 262 g/mol. The Labute approximate surface area is 114 Å². The van der Waals surface area contributed by atoms with Crippen molar-refractivity contribution in [2.75, 3.05) is 5.32 Å². The van der Waals surface area contributed by atoms with Gasteiger partial charge in [0.2, 0.25) is 5.91 Å². The Kier molecular flexibility index (Phi) is 6.06. The van der Waals surface area contributed by atoms with Gasteiger partial charge in [0.15, 0.2) is 0 Å². The molecular formula is C15H22N2O2. The van der Waals surface area contributed by atoms with Crippen molar-refractivity contribution in [2.45, 2.75) is 46.1 Å². The highest BCUT2D eigenvalue weighted by molar-refractivity contribution is 5.95. The van der Waals surface area contributed by atoms with E-state index in [4.69, 9.17) is 0 Å². The van der Waals surface area contributed by atoms with Crippen molar-refractivity contribution >= 4 is 17.5 Å². The second-order valence-corrected chi connectivity index (χ2v) is 4.66. The first-order valence-corrected chi connectivity index (χ1v) is 6.77. The zero-order valence-corrected chi connectivity index (χ0v) is 11.8. The molecule has 0 saturated heterocycles. The first-order valence-electron chi connectivity index (χ1n) is 6.77. The molecule has 4 nitrogen and oxygen atoms in total. The first-order chi connectivity index (χ1) is 9.06. The maximum atomic E-state index is 11.9. The van der Waals surface area contributed by atoms with Gasteiger partial charge in [-0.3, -0.25) is 9.59 Å². The van der Waals surface area contributed by atoms with E-state index in [0.29, 0.717) is 12.0 Å². The van der Waals surface area contributed by atoms with Crippen molar-refractivity contribution in [1.82, 2.24) is 5.32 Å². The van der Waals surface area contributed by atoms with Crippen LogP contribution in [-0.2, 0) is 4.79 Å². The van der Waals surface area contributed by atoms with Gasteiger partial charge in [-0.1, -0.05) is 13.8 Å². The molecule has 1 rings (SSSR count). The molecule has 0 aromatic heterocycles. The maximum absolute atomic E-state index is 11.9. The third kappa shape index (κ3) is 5.12. The minimum Gasteiger partial charge on any atom is -0.350 e. The highest BCUT2D eigenvalue weighted by Crippen LogP contribution is 2.10. The number of rotatable bonds is 6. The Bertz CT molecular complexity index is 426. The van der Waals surface area contributed by atoms with Crippen LogP contribution in [0.25, 0.3) is 0 Å². The van der Waals surface area contributed by atoms with E-state index < -0.39 is 0 Å². The molecule has 1 atom stereocenters. The van der Waals surface area contributed by atoms with E-state index in [2.05, 4.69) is 10.6 Å². The number of hydrogen-bond acceptors (Lipinski definition) is 2. The quantitative estimate of drug-likeness (QED) is 0.828. The summed E-state index contributed by atoms with van der Waals surface area (Å²) in [5.74, 6) is -0.0832. The standard InChI is InChI=1S/C15H22N2O2/c1-4-6-14(18)17-13-9-7-12(8-10-13)15(19)16-11(3)5-2/h7-11H,4-6H2,1-3H3,(H,16,19)(H,17,18)/t11-/m0/s1. The van der Waals surface area contributed by atoms with E-state index in [-0.39, 0.29) is 17.9 Å². The number of benzene rings is 1. The average molecular weight is 262 g/mol. The van der Waals surface area contributed by atoms with Gasteiger partial charge in [0.25, 0.3) is 5.91 Å². The van der Waals surface area contributed by atoms with Crippen molar-refractivity contribution in [1.29, 1.82) is 0 Å². The van der Waals surface area contributed by atoms with Crippen LogP contribution >= 0.6 is 0 Å². The number of carbonyl (C=O) groups is 2. The largest absolute Gasteiger partial charge is 0.350 e. The number of amides is 2. The van der Waals surface area contributed by atoms with E-state index in [1.807, 2.05) is 20.8 Å². The fourth-order valence-corrected chi connectivity index (χ4v) is 1.56. The van der Waals surface area contributed by atoms with Crippen LogP contribution in [0.4, 0.5) is 5.69 Å². The van der Waals surface area contributed by atoms with Crippen LogP contribution in [-0.4, -0.2) is 17.9 Å². The highest BCUT2D eigenvalue weighted by atomic mass is 16.2. The summed E-state index contributed by atoms with van der Waals surface area (Å²) in [6.45, 7) is 5.95. The van der Waals surface area contributed by atoms with Crippen molar-refractivity contribution in [2.24, 2.45) is 0 Å². The zero-order chi connectivity index (χ0) is 14.3. The van der Waals surface area contributed by atoms with Gasteiger partial charge in [-0.2, -0.15) is 0 Å². The molecule has 104 valence electrons. The predicted octanol–water partition coefficient (Wildman–Crippen LogP) is 2.95. The third-order valence-electron chi connectivity index (χ3n) is 2.90. The van der Waals surface area contributed by atoms with E-state index in [1.54, 1.807) is 24.3 Å². The molecule has 0 unspecified atom stereocenters. The van der Waals surface area contributed by atoms with Crippen LogP contribution in [0.2, 0.25) is 0 Å². The van der Waals surface area contributed by atoms with Gasteiger partial charge in [-0.05, 0) is 44.0 Å². The fourth-order valence-electron chi connectivity index (χ4n) is 1.56. The van der Waals surface area contributed by atoms with Gasteiger partial charge >= 0.3 is 0 Å². The molecule has 0 aliphatic carbocycles. The van der Waals surface area contributed by atoms with Gasteiger partial charge in [0.05, 0.1) is 0 Å². The Morgan fingerprint density at radius 3 is 2.32 bits per heavy atom. The third-order valence-corrected chi connectivity index (χ3v) is 2.90. The molecule has 0 bridgehead atoms. The normalized spacial score (nSPS) is 11.7. The van der Waals surface area contributed by atoms with Crippen LogP contribution in [0, 0.1) is 0 Å². The summed E-state index contributed by atoms with van der Waals surface area (Å²) in [5, 5.41) is 5.69. The molecule has 0 aliphatic rings. The second kappa shape index (κ2) is 7.56. The SMILES string of the molecule is CCCC(=O)Nc1ccc(C(=O)N[C@@H](C)CC)cc1. The Balaban J connectivity index is 2.60. The van der Waals surface area contributed by atoms with Crippen molar-refractivity contribution in [3.8, 4) is 0 Å². The van der Waals surface area contributed by atoms with E-state index in [9.17, 15) is 9.59 Å². The molecule has 1 aromatic carbocycles. The summed E-state index contributed by atoms with van der Waals surface area (Å²) in [6, 6.07) is 7.10. The van der Waals surface area contributed by atoms with Crippen molar-refractivity contribution in [3.05, 3.63) is 29.8 Å². The van der Waals surface area contributed by atoms with E-state index in [0.717, 1.165) is 18.5 Å². The Morgan fingerprint density at radius 1 is 1.16 bits per heavy atom. The van der Waals surface area contributed by atoms with Crippen molar-refractivity contribution < 1.29 is 9.59 Å². The smallest absolute Gasteiger partial charge is 0.251 e. The number of nitrogens with one attached hydrogen (secondary N) is 2. The Morgan fingerprint density at radius 2 is 1.79 bits per heavy atom. The fraction of sp³-hybridized carbons (Fsp3) is 0.467. The predicted molar refractivity (Wildman–Crippen MR) is 77.2 cm³/mol. The summed E-state index contributed by atoms with van der Waals surface area (Å²) < 4.78 is 0. The van der Waals surface area contributed by atoms with Gasteiger partial charge in [-0.25, -0.2) is 0 Å². The molecule has 0 spiro atoms. The van der Waals surface area contributed by atoms with Gasteiger partial charge in [0, 0.05) is 23.7 Å². The molecule has 0 heterocycles. The lowest BCUT2D eigenvalue weighted by atomic mass is 10.1. The zero-order valence-electron chi connectivity index (χ0n) is 11.8. The summed E-state index contributed by atoms with van der Waals surface area (Å²) in [4.78, 5) is 23.3. The van der Waals surface area contributed by atoms with Crippen LogP contribution in [0.1, 0.15) is 50.4 Å². The van der Waals surface area contributed by atoms with Gasteiger partial charge in [-0.15, -0.1) is 0 Å². The Hall–Kier alpha value is -1.84. The van der Waals surface area contributed by atoms with E-state index >= 15 is 0 Å². The molecule has 19 heavy (non-hydrogen) atoms. The minimum absolute atomic E-state index is 0.000642.